The van der Waals surface area contributed by atoms with Crippen LogP contribution in [0.4, 0.5) is 10.1 Å². The van der Waals surface area contributed by atoms with Crippen LogP contribution in [-0.4, -0.2) is 19.3 Å². The van der Waals surface area contributed by atoms with Crippen LogP contribution in [0, 0.1) is 5.82 Å². The van der Waals surface area contributed by atoms with Crippen molar-refractivity contribution in [2.75, 3.05) is 18.7 Å². The summed E-state index contributed by atoms with van der Waals surface area (Å²) in [7, 11) is 0. The Labute approximate surface area is 130 Å². The van der Waals surface area contributed by atoms with Gasteiger partial charge in [-0.25, -0.2) is 4.39 Å². The Hall–Kier alpha value is -2.47. The van der Waals surface area contributed by atoms with Crippen LogP contribution in [0.3, 0.4) is 0 Å². The van der Waals surface area contributed by atoms with E-state index in [9.17, 15) is 9.18 Å². The molecule has 5 nitrogen and oxygen atoms in total. The molecule has 1 aliphatic heterocycles. The summed E-state index contributed by atoms with van der Waals surface area (Å²) in [5.41, 5.74) is 0.394. The number of halogens is 2. The minimum atomic E-state index is -0.545. The lowest BCUT2D eigenvalue weighted by Gasteiger charge is -2.08. The molecule has 0 unspecified atom stereocenters. The van der Waals surface area contributed by atoms with Gasteiger partial charge in [-0.2, -0.15) is 0 Å². The number of ether oxygens (including phenoxy) is 3. The van der Waals surface area contributed by atoms with Crippen molar-refractivity contribution < 1.29 is 23.4 Å². The van der Waals surface area contributed by atoms with Gasteiger partial charge in [-0.3, -0.25) is 4.79 Å². The van der Waals surface area contributed by atoms with Gasteiger partial charge in [-0.05, 0) is 30.3 Å². The maximum absolute atomic E-state index is 13.0. The zero-order valence-electron chi connectivity index (χ0n) is 11.3. The van der Waals surface area contributed by atoms with Crippen molar-refractivity contribution in [3.05, 3.63) is 47.2 Å². The highest BCUT2D eigenvalue weighted by Gasteiger charge is 2.14. The molecule has 0 saturated heterocycles. The number of hydrogen-bond acceptors (Lipinski definition) is 4. The largest absolute Gasteiger partial charge is 0.484 e. The molecular weight excluding hydrogens is 313 g/mol. The van der Waals surface area contributed by atoms with Crippen molar-refractivity contribution in [2.45, 2.75) is 0 Å². The fraction of sp³-hybridized carbons (Fsp3) is 0.133. The van der Waals surface area contributed by atoms with E-state index in [4.69, 9.17) is 25.8 Å². The Balaban J connectivity index is 1.57. The van der Waals surface area contributed by atoms with Gasteiger partial charge in [0.1, 0.15) is 11.6 Å². The Bertz CT molecular complexity index is 723. The maximum atomic E-state index is 13.0. The number of rotatable bonds is 4. The SMILES string of the molecule is O=C(COc1ccc2c(c1)OCO2)Nc1ccc(F)c(Cl)c1. The number of hydrogen-bond donors (Lipinski definition) is 1. The van der Waals surface area contributed by atoms with Crippen LogP contribution in [-0.2, 0) is 4.79 Å². The predicted octanol–water partition coefficient (Wildman–Crippen LogP) is 3.23. The standard InChI is InChI=1S/C15H11ClFNO4/c16-11-5-9(1-3-12(11)17)18-15(19)7-20-10-2-4-13-14(6-10)22-8-21-13/h1-6H,7-8H2,(H,18,19). The molecule has 0 atom stereocenters. The van der Waals surface area contributed by atoms with Gasteiger partial charge in [-0.1, -0.05) is 11.6 Å². The first-order chi connectivity index (χ1) is 10.6. The first-order valence-electron chi connectivity index (χ1n) is 6.39. The van der Waals surface area contributed by atoms with E-state index >= 15 is 0 Å². The number of anilines is 1. The fourth-order valence-corrected chi connectivity index (χ4v) is 2.07. The lowest BCUT2D eigenvalue weighted by Crippen LogP contribution is -2.20. The molecule has 1 aliphatic rings. The van der Waals surface area contributed by atoms with Crippen LogP contribution in [0.15, 0.2) is 36.4 Å². The molecule has 1 heterocycles. The first-order valence-corrected chi connectivity index (χ1v) is 6.77. The van der Waals surface area contributed by atoms with Crippen molar-refractivity contribution >= 4 is 23.2 Å². The molecule has 0 saturated carbocycles. The Kier molecular flexibility index (Phi) is 4.02. The number of nitrogens with one attached hydrogen (secondary N) is 1. The van der Waals surface area contributed by atoms with Crippen molar-refractivity contribution in [3.8, 4) is 17.2 Å². The van der Waals surface area contributed by atoms with Crippen molar-refractivity contribution in [2.24, 2.45) is 0 Å². The summed E-state index contributed by atoms with van der Waals surface area (Å²) in [6.07, 6.45) is 0. The molecule has 3 rings (SSSR count). The molecule has 0 radical (unpaired) electrons. The zero-order chi connectivity index (χ0) is 15.5. The third-order valence-corrected chi connectivity index (χ3v) is 3.21. The molecule has 1 amide bonds. The normalized spacial score (nSPS) is 12.1. The van der Waals surface area contributed by atoms with Gasteiger partial charge in [0.15, 0.2) is 18.1 Å². The average Bonchev–Trinajstić information content (AvgIpc) is 2.96. The molecule has 7 heteroatoms. The quantitative estimate of drug-likeness (QED) is 0.938. The smallest absolute Gasteiger partial charge is 0.262 e. The summed E-state index contributed by atoms with van der Waals surface area (Å²) in [6.45, 7) is -0.0285. The summed E-state index contributed by atoms with van der Waals surface area (Å²) >= 11 is 5.64. The number of carbonyl (C=O) groups excluding carboxylic acids is 1. The number of benzene rings is 2. The number of amides is 1. The van der Waals surface area contributed by atoms with E-state index in [0.717, 1.165) is 0 Å². The molecule has 0 aromatic heterocycles. The van der Waals surface area contributed by atoms with E-state index in [2.05, 4.69) is 5.32 Å². The third-order valence-electron chi connectivity index (χ3n) is 2.92. The molecule has 0 spiro atoms. The van der Waals surface area contributed by atoms with Gasteiger partial charge in [0.2, 0.25) is 6.79 Å². The summed E-state index contributed by atoms with van der Waals surface area (Å²) in [6, 6.07) is 8.95. The Morgan fingerprint density at radius 1 is 1.23 bits per heavy atom. The second kappa shape index (κ2) is 6.11. The molecule has 0 fully saturated rings. The first kappa shape index (κ1) is 14.5. The van der Waals surface area contributed by atoms with E-state index in [0.29, 0.717) is 22.9 Å². The maximum Gasteiger partial charge on any atom is 0.262 e. The minimum absolute atomic E-state index is 0.0607. The van der Waals surface area contributed by atoms with Crippen LogP contribution < -0.4 is 19.5 Å². The Morgan fingerprint density at radius 3 is 2.86 bits per heavy atom. The van der Waals surface area contributed by atoms with Gasteiger partial charge >= 0.3 is 0 Å². The predicted molar refractivity (Wildman–Crippen MR) is 78.1 cm³/mol. The van der Waals surface area contributed by atoms with Gasteiger partial charge in [-0.15, -0.1) is 0 Å². The Morgan fingerprint density at radius 2 is 2.05 bits per heavy atom. The fourth-order valence-electron chi connectivity index (χ4n) is 1.89. The van der Waals surface area contributed by atoms with Crippen molar-refractivity contribution in [1.82, 2.24) is 0 Å². The van der Waals surface area contributed by atoms with Crippen molar-refractivity contribution in [1.29, 1.82) is 0 Å². The number of fused-ring (bicyclic) bond motifs is 1. The van der Waals surface area contributed by atoms with Crippen molar-refractivity contribution in [3.63, 3.8) is 0 Å². The van der Waals surface area contributed by atoms with E-state index in [-0.39, 0.29) is 24.3 Å². The van der Waals surface area contributed by atoms with Gasteiger partial charge in [0.05, 0.1) is 5.02 Å². The van der Waals surface area contributed by atoms with E-state index in [1.54, 1.807) is 18.2 Å². The molecule has 114 valence electrons. The topological polar surface area (TPSA) is 56.8 Å². The van der Waals surface area contributed by atoms with E-state index in [1.807, 2.05) is 0 Å². The average molecular weight is 324 g/mol. The zero-order valence-corrected chi connectivity index (χ0v) is 12.0. The second-order valence-corrected chi connectivity index (χ2v) is 4.89. The lowest BCUT2D eigenvalue weighted by molar-refractivity contribution is -0.118. The van der Waals surface area contributed by atoms with Crippen LogP contribution >= 0.6 is 11.6 Å². The molecule has 22 heavy (non-hydrogen) atoms. The molecule has 0 aliphatic carbocycles. The van der Waals surface area contributed by atoms with E-state index in [1.165, 1.54) is 18.2 Å². The highest BCUT2D eigenvalue weighted by atomic mass is 35.5. The molecule has 1 N–H and O–H groups in total. The minimum Gasteiger partial charge on any atom is -0.484 e. The van der Waals surface area contributed by atoms with Gasteiger partial charge in [0.25, 0.3) is 5.91 Å². The second-order valence-electron chi connectivity index (χ2n) is 4.48. The summed E-state index contributed by atoms with van der Waals surface area (Å²) < 4.78 is 28.8. The van der Waals surface area contributed by atoms with Gasteiger partial charge in [0, 0.05) is 11.8 Å². The van der Waals surface area contributed by atoms with Crippen LogP contribution in [0.25, 0.3) is 0 Å². The van der Waals surface area contributed by atoms with Crippen LogP contribution in [0.5, 0.6) is 17.2 Å². The number of carbonyl (C=O) groups is 1. The van der Waals surface area contributed by atoms with E-state index < -0.39 is 5.82 Å². The van der Waals surface area contributed by atoms with Crippen LogP contribution in [0.2, 0.25) is 5.02 Å². The van der Waals surface area contributed by atoms with Gasteiger partial charge < -0.3 is 19.5 Å². The summed E-state index contributed by atoms with van der Waals surface area (Å²) in [5, 5.41) is 2.50. The summed E-state index contributed by atoms with van der Waals surface area (Å²) in [5.74, 6) is 0.758. The third kappa shape index (κ3) is 3.23. The van der Waals surface area contributed by atoms with Crippen LogP contribution in [0.1, 0.15) is 0 Å². The highest BCUT2D eigenvalue weighted by molar-refractivity contribution is 6.31. The monoisotopic (exact) mass is 323 g/mol. The summed E-state index contributed by atoms with van der Waals surface area (Å²) in [4.78, 5) is 11.8. The molecule has 2 aromatic carbocycles. The molecular formula is C15H11ClFNO4. The highest BCUT2D eigenvalue weighted by Crippen LogP contribution is 2.35. The molecule has 2 aromatic rings. The molecule has 0 bridgehead atoms. The lowest BCUT2D eigenvalue weighted by atomic mass is 10.3.